The molecule has 1 atom stereocenters. The van der Waals surface area contributed by atoms with E-state index in [1.54, 1.807) is 0 Å². The molecule has 0 radical (unpaired) electrons. The first kappa shape index (κ1) is 10.2. The summed E-state index contributed by atoms with van der Waals surface area (Å²) in [6, 6.07) is 7.72. The average Bonchev–Trinajstić information content (AvgIpc) is 2.97. The Morgan fingerprint density at radius 2 is 2.13 bits per heavy atom. The average molecular weight is 206 g/mol. The monoisotopic (exact) mass is 206 g/mol. The number of carboxylic acids is 1. The Labute approximate surface area is 88.4 Å². The molecule has 80 valence electrons. The topological polar surface area (TPSA) is 57.5 Å². The van der Waals surface area contributed by atoms with Gasteiger partial charge < -0.3 is 10.2 Å². The van der Waals surface area contributed by atoms with Gasteiger partial charge in [-0.15, -0.1) is 0 Å². The fraction of sp³-hybridized carbons (Fsp3) is 0.417. The quantitative estimate of drug-likeness (QED) is 0.787. The number of benzene rings is 1. The number of aliphatic hydroxyl groups is 1. The summed E-state index contributed by atoms with van der Waals surface area (Å²) in [4.78, 5) is 10.8. The van der Waals surface area contributed by atoms with E-state index in [4.69, 9.17) is 5.11 Å². The van der Waals surface area contributed by atoms with Gasteiger partial charge in [0.25, 0.3) is 0 Å². The summed E-state index contributed by atoms with van der Waals surface area (Å²) in [6.45, 7) is 1.97. The number of aliphatic hydroxyl groups excluding tert-OH is 1. The molecule has 3 nitrogen and oxygen atoms in total. The third kappa shape index (κ3) is 1.63. The minimum absolute atomic E-state index is 0.530. The molecule has 1 aliphatic rings. The van der Waals surface area contributed by atoms with Gasteiger partial charge in [0, 0.05) is 5.41 Å². The minimum atomic E-state index is -1.28. The fourth-order valence-electron chi connectivity index (χ4n) is 2.05. The van der Waals surface area contributed by atoms with Crippen LogP contribution in [-0.2, 0) is 10.2 Å². The predicted octanol–water partition coefficient (Wildman–Crippen LogP) is 1.47. The molecule has 3 heteroatoms. The van der Waals surface area contributed by atoms with Crippen LogP contribution in [0.3, 0.4) is 0 Å². The van der Waals surface area contributed by atoms with Crippen molar-refractivity contribution in [3.63, 3.8) is 0 Å². The summed E-state index contributed by atoms with van der Waals surface area (Å²) in [6.07, 6.45) is 0.229. The van der Waals surface area contributed by atoms with Crippen LogP contribution in [0.5, 0.6) is 0 Å². The standard InChI is InChI=1S/C12H14O3/c1-8-3-2-4-9(7-8)12(5-6-12)10(13)11(14)15/h2-4,7,10,13H,5-6H2,1H3,(H,14,15). The van der Waals surface area contributed by atoms with E-state index in [1.165, 1.54) is 0 Å². The van der Waals surface area contributed by atoms with Gasteiger partial charge in [-0.3, -0.25) is 0 Å². The van der Waals surface area contributed by atoms with Gasteiger partial charge in [-0.2, -0.15) is 0 Å². The van der Waals surface area contributed by atoms with E-state index in [-0.39, 0.29) is 0 Å². The molecule has 1 saturated carbocycles. The van der Waals surface area contributed by atoms with Gasteiger partial charge in [-0.25, -0.2) is 4.79 Å². The lowest BCUT2D eigenvalue weighted by Gasteiger charge is -2.19. The van der Waals surface area contributed by atoms with Gasteiger partial charge in [-0.05, 0) is 25.3 Å². The molecule has 1 unspecified atom stereocenters. The zero-order valence-electron chi connectivity index (χ0n) is 8.60. The van der Waals surface area contributed by atoms with E-state index in [0.717, 1.165) is 24.0 Å². The summed E-state index contributed by atoms with van der Waals surface area (Å²) < 4.78 is 0. The first-order chi connectivity index (χ1) is 7.06. The molecule has 0 heterocycles. The zero-order valence-corrected chi connectivity index (χ0v) is 8.60. The summed E-state index contributed by atoms with van der Waals surface area (Å²) in [5, 5.41) is 18.5. The molecule has 2 rings (SSSR count). The highest BCUT2D eigenvalue weighted by Gasteiger charge is 2.53. The van der Waals surface area contributed by atoms with Crippen LogP contribution in [0.25, 0.3) is 0 Å². The maximum atomic E-state index is 10.8. The number of aliphatic carboxylic acids is 1. The first-order valence-corrected chi connectivity index (χ1v) is 5.04. The smallest absolute Gasteiger partial charge is 0.333 e. The second-order valence-electron chi connectivity index (χ2n) is 4.27. The number of rotatable bonds is 3. The van der Waals surface area contributed by atoms with E-state index in [2.05, 4.69) is 0 Å². The molecular formula is C12H14O3. The van der Waals surface area contributed by atoms with Crippen LogP contribution in [0.15, 0.2) is 24.3 Å². The zero-order chi connectivity index (χ0) is 11.1. The van der Waals surface area contributed by atoms with Crippen molar-refractivity contribution in [2.45, 2.75) is 31.3 Å². The Morgan fingerprint density at radius 1 is 1.47 bits per heavy atom. The van der Waals surface area contributed by atoms with Crippen LogP contribution < -0.4 is 0 Å². The number of carbonyl (C=O) groups is 1. The molecular weight excluding hydrogens is 192 g/mol. The van der Waals surface area contributed by atoms with Crippen molar-refractivity contribution >= 4 is 5.97 Å². The summed E-state index contributed by atoms with van der Waals surface area (Å²) >= 11 is 0. The second kappa shape index (κ2) is 3.35. The first-order valence-electron chi connectivity index (χ1n) is 5.04. The normalized spacial score (nSPS) is 19.6. The lowest BCUT2D eigenvalue weighted by Crippen LogP contribution is -2.33. The Balaban J connectivity index is 2.34. The van der Waals surface area contributed by atoms with Crippen LogP contribution in [0.1, 0.15) is 24.0 Å². The lowest BCUT2D eigenvalue weighted by atomic mass is 9.89. The van der Waals surface area contributed by atoms with Crippen molar-refractivity contribution in [1.29, 1.82) is 0 Å². The van der Waals surface area contributed by atoms with E-state index in [1.807, 2.05) is 31.2 Å². The van der Waals surface area contributed by atoms with Crippen molar-refractivity contribution < 1.29 is 15.0 Å². The minimum Gasteiger partial charge on any atom is -0.479 e. The van der Waals surface area contributed by atoms with Gasteiger partial charge >= 0.3 is 5.97 Å². The largest absolute Gasteiger partial charge is 0.479 e. The number of aryl methyl sites for hydroxylation is 1. The molecule has 0 spiro atoms. The number of hydrogen-bond donors (Lipinski definition) is 2. The highest BCUT2D eigenvalue weighted by molar-refractivity contribution is 5.75. The molecule has 2 N–H and O–H groups in total. The highest BCUT2D eigenvalue weighted by atomic mass is 16.4. The lowest BCUT2D eigenvalue weighted by molar-refractivity contribution is -0.148. The third-order valence-corrected chi connectivity index (χ3v) is 3.14. The Kier molecular flexibility index (Phi) is 2.27. The van der Waals surface area contributed by atoms with Gasteiger partial charge in [0.05, 0.1) is 0 Å². The van der Waals surface area contributed by atoms with E-state index < -0.39 is 17.5 Å². The van der Waals surface area contributed by atoms with Gasteiger partial charge in [0.2, 0.25) is 0 Å². The molecule has 1 aromatic carbocycles. The molecule has 0 aliphatic heterocycles. The van der Waals surface area contributed by atoms with Gasteiger partial charge in [0.1, 0.15) is 0 Å². The maximum absolute atomic E-state index is 10.8. The van der Waals surface area contributed by atoms with E-state index in [9.17, 15) is 9.90 Å². The van der Waals surface area contributed by atoms with Crippen molar-refractivity contribution in [2.24, 2.45) is 0 Å². The van der Waals surface area contributed by atoms with Crippen LogP contribution >= 0.6 is 0 Å². The third-order valence-electron chi connectivity index (χ3n) is 3.14. The van der Waals surface area contributed by atoms with Crippen LogP contribution in [0.2, 0.25) is 0 Å². The molecule has 15 heavy (non-hydrogen) atoms. The van der Waals surface area contributed by atoms with Crippen molar-refractivity contribution in [2.75, 3.05) is 0 Å². The van der Waals surface area contributed by atoms with Gasteiger partial charge in [0.15, 0.2) is 6.10 Å². The van der Waals surface area contributed by atoms with Crippen LogP contribution in [0.4, 0.5) is 0 Å². The molecule has 0 bridgehead atoms. The van der Waals surface area contributed by atoms with Crippen LogP contribution in [0, 0.1) is 6.92 Å². The van der Waals surface area contributed by atoms with Crippen molar-refractivity contribution in [3.8, 4) is 0 Å². The Bertz CT molecular complexity index is 394. The van der Waals surface area contributed by atoms with Crippen molar-refractivity contribution in [1.82, 2.24) is 0 Å². The van der Waals surface area contributed by atoms with Gasteiger partial charge in [-0.1, -0.05) is 29.8 Å². The summed E-state index contributed by atoms with van der Waals surface area (Å²) in [5.41, 5.74) is 1.51. The number of carboxylic acid groups (broad SMARTS) is 1. The molecule has 0 saturated heterocycles. The fourth-order valence-corrected chi connectivity index (χ4v) is 2.05. The highest BCUT2D eigenvalue weighted by Crippen LogP contribution is 2.51. The summed E-state index contributed by atoms with van der Waals surface area (Å²) in [7, 11) is 0. The van der Waals surface area contributed by atoms with E-state index in [0.29, 0.717) is 0 Å². The molecule has 1 fully saturated rings. The predicted molar refractivity (Wildman–Crippen MR) is 55.7 cm³/mol. The molecule has 0 aromatic heterocycles. The second-order valence-corrected chi connectivity index (χ2v) is 4.27. The Hall–Kier alpha value is -1.35. The molecule has 1 aliphatic carbocycles. The maximum Gasteiger partial charge on any atom is 0.333 e. The molecule has 1 aromatic rings. The number of hydrogen-bond acceptors (Lipinski definition) is 2. The summed E-state index contributed by atoms with van der Waals surface area (Å²) in [5.74, 6) is -1.13. The molecule has 0 amide bonds. The van der Waals surface area contributed by atoms with Crippen LogP contribution in [-0.4, -0.2) is 22.3 Å². The Morgan fingerprint density at radius 3 is 2.60 bits per heavy atom. The van der Waals surface area contributed by atoms with E-state index >= 15 is 0 Å². The van der Waals surface area contributed by atoms with Crippen molar-refractivity contribution in [3.05, 3.63) is 35.4 Å². The SMILES string of the molecule is Cc1cccc(C2(C(O)C(=O)O)CC2)c1.